The van der Waals surface area contributed by atoms with Crippen molar-refractivity contribution in [1.29, 1.82) is 0 Å². The topological polar surface area (TPSA) is 52.2 Å². The number of likely N-dealkylation sites (tertiary alicyclic amines) is 1. The van der Waals surface area contributed by atoms with Crippen molar-refractivity contribution >= 4 is 11.6 Å². The fourth-order valence-corrected chi connectivity index (χ4v) is 3.60. The summed E-state index contributed by atoms with van der Waals surface area (Å²) in [4.78, 5) is 2.38. The molecule has 0 saturated carbocycles. The highest BCUT2D eigenvalue weighted by atomic mass is 35.5. The standard InChI is InChI=1S/C15H26ClN3O/c1-11(2)7-15(10-20)5-4-6-19(9-15)8-13-14(16)12(3)17-18-13/h11,20H,4-10H2,1-3H3,(H,17,18). The molecule has 114 valence electrons. The minimum Gasteiger partial charge on any atom is -0.396 e. The van der Waals surface area contributed by atoms with E-state index in [0.717, 1.165) is 55.3 Å². The molecule has 1 fully saturated rings. The lowest BCUT2D eigenvalue weighted by Crippen LogP contribution is -2.45. The maximum atomic E-state index is 9.86. The van der Waals surface area contributed by atoms with Crippen molar-refractivity contribution in [2.45, 2.75) is 46.6 Å². The Bertz CT molecular complexity index is 446. The molecule has 1 aromatic heterocycles. The molecule has 1 atom stereocenters. The highest BCUT2D eigenvalue weighted by Crippen LogP contribution is 2.36. The zero-order valence-corrected chi connectivity index (χ0v) is 13.5. The number of H-pyrrole nitrogens is 1. The molecule has 0 aliphatic carbocycles. The predicted octanol–water partition coefficient (Wildman–Crippen LogP) is 2.99. The number of aromatic nitrogens is 2. The Hall–Kier alpha value is -0.580. The van der Waals surface area contributed by atoms with E-state index in [4.69, 9.17) is 11.6 Å². The van der Waals surface area contributed by atoms with Crippen molar-refractivity contribution in [2.75, 3.05) is 19.7 Å². The highest BCUT2D eigenvalue weighted by Gasteiger charge is 2.35. The molecule has 0 aromatic carbocycles. The van der Waals surface area contributed by atoms with Crippen LogP contribution in [0.5, 0.6) is 0 Å². The third-order valence-electron chi connectivity index (χ3n) is 4.23. The van der Waals surface area contributed by atoms with Crippen molar-refractivity contribution in [2.24, 2.45) is 11.3 Å². The molecular weight excluding hydrogens is 274 g/mol. The van der Waals surface area contributed by atoms with E-state index < -0.39 is 0 Å². The minimum absolute atomic E-state index is 0.0459. The van der Waals surface area contributed by atoms with Crippen LogP contribution in [0.3, 0.4) is 0 Å². The number of nitrogens with one attached hydrogen (secondary N) is 1. The number of piperidine rings is 1. The summed E-state index contributed by atoms with van der Waals surface area (Å²) < 4.78 is 0. The fourth-order valence-electron chi connectivity index (χ4n) is 3.45. The van der Waals surface area contributed by atoms with Crippen LogP contribution in [-0.2, 0) is 6.54 Å². The number of halogens is 1. The molecule has 2 rings (SSSR count). The zero-order chi connectivity index (χ0) is 14.8. The van der Waals surface area contributed by atoms with Gasteiger partial charge in [-0.15, -0.1) is 0 Å². The molecule has 0 bridgehead atoms. The first kappa shape index (κ1) is 15.8. The number of aryl methyl sites for hydroxylation is 1. The van der Waals surface area contributed by atoms with Gasteiger partial charge < -0.3 is 5.11 Å². The Labute approximate surface area is 126 Å². The normalized spacial score (nSPS) is 24.5. The van der Waals surface area contributed by atoms with Crippen LogP contribution in [-0.4, -0.2) is 39.9 Å². The molecule has 2 N–H and O–H groups in total. The largest absolute Gasteiger partial charge is 0.396 e. The van der Waals surface area contributed by atoms with Gasteiger partial charge in [-0.3, -0.25) is 10.00 Å². The van der Waals surface area contributed by atoms with Crippen LogP contribution >= 0.6 is 11.6 Å². The van der Waals surface area contributed by atoms with Gasteiger partial charge in [0, 0.05) is 25.1 Å². The van der Waals surface area contributed by atoms with E-state index in [1.54, 1.807) is 0 Å². The summed E-state index contributed by atoms with van der Waals surface area (Å²) >= 11 is 6.25. The average molecular weight is 300 g/mol. The Balaban J connectivity index is 2.04. The van der Waals surface area contributed by atoms with Crippen LogP contribution < -0.4 is 0 Å². The summed E-state index contributed by atoms with van der Waals surface area (Å²) in [6, 6.07) is 0. The molecule has 1 saturated heterocycles. The Morgan fingerprint density at radius 2 is 2.25 bits per heavy atom. The molecule has 5 heteroatoms. The van der Waals surface area contributed by atoms with Gasteiger partial charge in [-0.25, -0.2) is 0 Å². The summed E-state index contributed by atoms with van der Waals surface area (Å²) in [7, 11) is 0. The monoisotopic (exact) mass is 299 g/mol. The number of aliphatic hydroxyl groups is 1. The first-order valence-corrected chi connectivity index (χ1v) is 7.86. The van der Waals surface area contributed by atoms with Crippen molar-refractivity contribution < 1.29 is 5.11 Å². The van der Waals surface area contributed by atoms with Gasteiger partial charge in [0.15, 0.2) is 0 Å². The molecule has 2 heterocycles. The van der Waals surface area contributed by atoms with E-state index in [2.05, 4.69) is 28.9 Å². The summed E-state index contributed by atoms with van der Waals surface area (Å²) in [5.74, 6) is 0.610. The van der Waals surface area contributed by atoms with E-state index in [1.165, 1.54) is 0 Å². The number of hydrogen-bond acceptors (Lipinski definition) is 3. The second-order valence-corrected chi connectivity index (χ2v) is 7.06. The smallest absolute Gasteiger partial charge is 0.0951 e. The van der Waals surface area contributed by atoms with E-state index in [-0.39, 0.29) is 12.0 Å². The van der Waals surface area contributed by atoms with Gasteiger partial charge in [-0.2, -0.15) is 5.10 Å². The summed E-state index contributed by atoms with van der Waals surface area (Å²) in [5, 5.41) is 17.8. The number of hydrogen-bond donors (Lipinski definition) is 2. The summed E-state index contributed by atoms with van der Waals surface area (Å²) in [5.41, 5.74) is 1.89. The molecule has 1 aliphatic heterocycles. The summed E-state index contributed by atoms with van der Waals surface area (Å²) in [6.07, 6.45) is 3.33. The van der Waals surface area contributed by atoms with Crippen LogP contribution in [0.25, 0.3) is 0 Å². The number of aromatic amines is 1. The van der Waals surface area contributed by atoms with Gasteiger partial charge in [-0.05, 0) is 38.6 Å². The van der Waals surface area contributed by atoms with Gasteiger partial charge in [-0.1, -0.05) is 25.4 Å². The van der Waals surface area contributed by atoms with Crippen molar-refractivity contribution in [1.82, 2.24) is 15.1 Å². The van der Waals surface area contributed by atoms with Gasteiger partial charge in [0.2, 0.25) is 0 Å². The van der Waals surface area contributed by atoms with Crippen molar-refractivity contribution in [3.05, 3.63) is 16.4 Å². The molecule has 20 heavy (non-hydrogen) atoms. The highest BCUT2D eigenvalue weighted by molar-refractivity contribution is 6.31. The van der Waals surface area contributed by atoms with Gasteiger partial charge in [0.05, 0.1) is 16.4 Å². The minimum atomic E-state index is 0.0459. The van der Waals surface area contributed by atoms with E-state index in [9.17, 15) is 5.11 Å². The molecule has 0 amide bonds. The molecule has 1 unspecified atom stereocenters. The van der Waals surface area contributed by atoms with E-state index in [0.29, 0.717) is 5.92 Å². The molecule has 0 radical (unpaired) electrons. The second-order valence-electron chi connectivity index (χ2n) is 6.68. The van der Waals surface area contributed by atoms with E-state index in [1.807, 2.05) is 6.92 Å². The number of nitrogens with zero attached hydrogens (tertiary/aromatic N) is 2. The van der Waals surface area contributed by atoms with Crippen LogP contribution in [0.4, 0.5) is 0 Å². The van der Waals surface area contributed by atoms with Crippen LogP contribution in [0.15, 0.2) is 0 Å². The first-order valence-electron chi connectivity index (χ1n) is 7.48. The van der Waals surface area contributed by atoms with Crippen LogP contribution in [0.2, 0.25) is 5.02 Å². The third kappa shape index (κ3) is 3.54. The van der Waals surface area contributed by atoms with Crippen LogP contribution in [0, 0.1) is 18.3 Å². The molecule has 4 nitrogen and oxygen atoms in total. The van der Waals surface area contributed by atoms with Gasteiger partial charge in [0.25, 0.3) is 0 Å². The molecular formula is C15H26ClN3O. The number of rotatable bonds is 5. The van der Waals surface area contributed by atoms with Crippen LogP contribution in [0.1, 0.15) is 44.5 Å². The lowest BCUT2D eigenvalue weighted by molar-refractivity contribution is 0.0128. The lowest BCUT2D eigenvalue weighted by Gasteiger charge is -2.42. The Morgan fingerprint density at radius 1 is 1.50 bits per heavy atom. The van der Waals surface area contributed by atoms with Gasteiger partial charge in [0.1, 0.15) is 0 Å². The zero-order valence-electron chi connectivity index (χ0n) is 12.7. The van der Waals surface area contributed by atoms with E-state index >= 15 is 0 Å². The number of aliphatic hydroxyl groups excluding tert-OH is 1. The van der Waals surface area contributed by atoms with Crippen molar-refractivity contribution in [3.8, 4) is 0 Å². The van der Waals surface area contributed by atoms with Crippen molar-refractivity contribution in [3.63, 3.8) is 0 Å². The molecule has 1 aliphatic rings. The maximum Gasteiger partial charge on any atom is 0.0951 e. The Kier molecular flexibility index (Phi) is 5.10. The maximum absolute atomic E-state index is 9.86. The predicted molar refractivity (Wildman–Crippen MR) is 81.8 cm³/mol. The fraction of sp³-hybridized carbons (Fsp3) is 0.800. The van der Waals surface area contributed by atoms with Gasteiger partial charge >= 0.3 is 0 Å². The Morgan fingerprint density at radius 3 is 2.80 bits per heavy atom. The molecule has 1 aromatic rings. The lowest BCUT2D eigenvalue weighted by atomic mass is 9.74. The second kappa shape index (κ2) is 6.46. The quantitative estimate of drug-likeness (QED) is 0.879. The summed E-state index contributed by atoms with van der Waals surface area (Å²) in [6.45, 7) is 9.42. The first-order chi connectivity index (χ1) is 9.46. The third-order valence-corrected chi connectivity index (χ3v) is 4.73. The molecule has 0 spiro atoms. The average Bonchev–Trinajstić information content (AvgIpc) is 2.70. The SMILES string of the molecule is Cc1[nH]nc(CN2CCCC(CO)(CC(C)C)C2)c1Cl.